The molecule has 1 aromatic rings. The first kappa shape index (κ1) is 11.0. The van der Waals surface area contributed by atoms with E-state index in [4.69, 9.17) is 10.5 Å². The van der Waals surface area contributed by atoms with Crippen molar-refractivity contribution in [1.82, 2.24) is 0 Å². The van der Waals surface area contributed by atoms with Gasteiger partial charge in [-0.25, -0.2) is 0 Å². The van der Waals surface area contributed by atoms with Gasteiger partial charge in [-0.3, -0.25) is 4.79 Å². The molecule has 1 fully saturated rings. The second kappa shape index (κ2) is 3.79. The normalized spacial score (nSPS) is 18.9. The Morgan fingerprint density at radius 3 is 2.62 bits per heavy atom. The highest BCUT2D eigenvalue weighted by atomic mass is 16.5. The number of methoxy groups -OCH3 is 1. The van der Waals surface area contributed by atoms with E-state index in [-0.39, 0.29) is 11.7 Å². The standard InChI is InChI=1S/C12H15NO3/c1-16-11(15)12(6-7-12)10(13)8-4-2-3-5-9(8)14/h2-5,10,14H,6-7,13H2,1H3. The van der Waals surface area contributed by atoms with Crippen molar-refractivity contribution in [3.63, 3.8) is 0 Å². The number of para-hydroxylation sites is 1. The molecule has 86 valence electrons. The van der Waals surface area contributed by atoms with Crippen molar-refractivity contribution in [1.29, 1.82) is 0 Å². The molecule has 1 saturated carbocycles. The van der Waals surface area contributed by atoms with Crippen molar-refractivity contribution in [2.75, 3.05) is 7.11 Å². The Morgan fingerprint density at radius 2 is 2.12 bits per heavy atom. The zero-order valence-electron chi connectivity index (χ0n) is 9.14. The summed E-state index contributed by atoms with van der Waals surface area (Å²) in [4.78, 5) is 11.6. The lowest BCUT2D eigenvalue weighted by atomic mass is 9.90. The molecule has 1 aliphatic carbocycles. The molecule has 0 aliphatic heterocycles. The van der Waals surface area contributed by atoms with Gasteiger partial charge in [0.05, 0.1) is 12.5 Å². The Bertz CT molecular complexity index is 412. The van der Waals surface area contributed by atoms with Crippen LogP contribution in [0.3, 0.4) is 0 Å². The SMILES string of the molecule is COC(=O)C1(C(N)c2ccccc2O)CC1. The topological polar surface area (TPSA) is 72.5 Å². The zero-order chi connectivity index (χ0) is 11.8. The minimum atomic E-state index is -0.631. The van der Waals surface area contributed by atoms with Gasteiger partial charge in [0.25, 0.3) is 0 Å². The summed E-state index contributed by atoms with van der Waals surface area (Å²) >= 11 is 0. The molecule has 0 aromatic heterocycles. The Hall–Kier alpha value is -1.55. The number of benzene rings is 1. The van der Waals surface area contributed by atoms with E-state index in [9.17, 15) is 9.90 Å². The Balaban J connectivity index is 2.30. The van der Waals surface area contributed by atoms with E-state index in [1.54, 1.807) is 24.3 Å². The van der Waals surface area contributed by atoms with Gasteiger partial charge in [-0.05, 0) is 18.9 Å². The molecule has 0 bridgehead atoms. The van der Waals surface area contributed by atoms with Gasteiger partial charge in [-0.2, -0.15) is 0 Å². The summed E-state index contributed by atoms with van der Waals surface area (Å²) in [5.41, 5.74) is 6.02. The fourth-order valence-corrected chi connectivity index (χ4v) is 2.03. The molecule has 1 aliphatic rings. The van der Waals surface area contributed by atoms with Gasteiger partial charge < -0.3 is 15.6 Å². The molecular weight excluding hydrogens is 206 g/mol. The van der Waals surface area contributed by atoms with E-state index in [2.05, 4.69) is 0 Å². The molecule has 0 heterocycles. The summed E-state index contributed by atoms with van der Waals surface area (Å²) in [5.74, 6) is -0.159. The molecule has 16 heavy (non-hydrogen) atoms. The van der Waals surface area contributed by atoms with Gasteiger partial charge in [-0.15, -0.1) is 0 Å². The molecule has 0 saturated heterocycles. The first-order valence-electron chi connectivity index (χ1n) is 5.24. The molecule has 0 amide bonds. The van der Waals surface area contributed by atoms with Gasteiger partial charge >= 0.3 is 5.97 Å². The highest BCUT2D eigenvalue weighted by molar-refractivity contribution is 5.81. The van der Waals surface area contributed by atoms with E-state index < -0.39 is 11.5 Å². The Labute approximate surface area is 94.0 Å². The zero-order valence-corrected chi connectivity index (χ0v) is 9.14. The van der Waals surface area contributed by atoms with Gasteiger partial charge in [0, 0.05) is 11.6 Å². The van der Waals surface area contributed by atoms with Gasteiger partial charge in [0.15, 0.2) is 0 Å². The smallest absolute Gasteiger partial charge is 0.313 e. The van der Waals surface area contributed by atoms with Crippen LogP contribution in [0.15, 0.2) is 24.3 Å². The van der Waals surface area contributed by atoms with Crippen LogP contribution in [0.2, 0.25) is 0 Å². The third-order valence-corrected chi connectivity index (χ3v) is 3.25. The molecule has 2 rings (SSSR count). The molecule has 1 aromatic carbocycles. The molecule has 0 radical (unpaired) electrons. The Kier molecular flexibility index (Phi) is 2.59. The van der Waals surface area contributed by atoms with E-state index >= 15 is 0 Å². The number of aromatic hydroxyl groups is 1. The molecule has 3 N–H and O–H groups in total. The van der Waals surface area contributed by atoms with Crippen LogP contribution < -0.4 is 5.73 Å². The van der Waals surface area contributed by atoms with Crippen LogP contribution in [0.25, 0.3) is 0 Å². The average Bonchev–Trinajstić information content (AvgIpc) is 3.09. The van der Waals surface area contributed by atoms with Gasteiger partial charge in [-0.1, -0.05) is 18.2 Å². The largest absolute Gasteiger partial charge is 0.508 e. The number of phenols is 1. The summed E-state index contributed by atoms with van der Waals surface area (Å²) in [6, 6.07) is 6.33. The number of hydrogen-bond donors (Lipinski definition) is 2. The number of ether oxygens (including phenoxy) is 1. The number of carbonyl (C=O) groups excluding carboxylic acids is 1. The lowest BCUT2D eigenvalue weighted by Gasteiger charge is -2.21. The van der Waals surface area contributed by atoms with E-state index in [0.717, 1.165) is 12.8 Å². The number of hydrogen-bond acceptors (Lipinski definition) is 4. The first-order valence-corrected chi connectivity index (χ1v) is 5.24. The summed E-state index contributed by atoms with van der Waals surface area (Å²) in [7, 11) is 1.36. The van der Waals surface area contributed by atoms with Crippen LogP contribution in [0.5, 0.6) is 5.75 Å². The van der Waals surface area contributed by atoms with Crippen molar-refractivity contribution < 1.29 is 14.6 Å². The predicted octanol–water partition coefficient (Wildman–Crippen LogP) is 1.35. The molecular formula is C12H15NO3. The van der Waals surface area contributed by atoms with E-state index in [1.165, 1.54) is 7.11 Å². The highest BCUT2D eigenvalue weighted by Gasteiger charge is 2.56. The van der Waals surface area contributed by atoms with Crippen LogP contribution in [0.1, 0.15) is 24.4 Å². The molecule has 4 nitrogen and oxygen atoms in total. The first-order chi connectivity index (χ1) is 7.62. The lowest BCUT2D eigenvalue weighted by molar-refractivity contribution is -0.148. The molecule has 4 heteroatoms. The van der Waals surface area contributed by atoms with E-state index in [0.29, 0.717) is 5.56 Å². The number of carbonyl (C=O) groups is 1. The van der Waals surface area contributed by atoms with Crippen LogP contribution in [0, 0.1) is 5.41 Å². The van der Waals surface area contributed by atoms with E-state index in [1.807, 2.05) is 0 Å². The molecule has 1 atom stereocenters. The minimum absolute atomic E-state index is 0.130. The lowest BCUT2D eigenvalue weighted by Crippen LogP contribution is -2.31. The van der Waals surface area contributed by atoms with Crippen molar-refractivity contribution in [3.8, 4) is 5.75 Å². The quantitative estimate of drug-likeness (QED) is 0.755. The summed E-state index contributed by atoms with van der Waals surface area (Å²) in [6.07, 6.45) is 1.43. The second-order valence-electron chi connectivity index (χ2n) is 4.18. The van der Waals surface area contributed by atoms with Crippen molar-refractivity contribution in [3.05, 3.63) is 29.8 Å². The fourth-order valence-electron chi connectivity index (χ4n) is 2.03. The molecule has 1 unspecified atom stereocenters. The summed E-state index contributed by atoms with van der Waals surface area (Å²) < 4.78 is 4.76. The minimum Gasteiger partial charge on any atom is -0.508 e. The predicted molar refractivity (Wildman–Crippen MR) is 58.7 cm³/mol. The van der Waals surface area contributed by atoms with Crippen molar-refractivity contribution in [2.24, 2.45) is 11.1 Å². The summed E-state index contributed by atoms with van der Waals surface area (Å²) in [6.45, 7) is 0. The number of nitrogens with two attached hydrogens (primary N) is 1. The Morgan fingerprint density at radius 1 is 1.50 bits per heavy atom. The van der Waals surface area contributed by atoms with Crippen molar-refractivity contribution in [2.45, 2.75) is 18.9 Å². The highest BCUT2D eigenvalue weighted by Crippen LogP contribution is 2.55. The maximum absolute atomic E-state index is 11.6. The fraction of sp³-hybridized carbons (Fsp3) is 0.417. The number of rotatable bonds is 3. The van der Waals surface area contributed by atoms with Gasteiger partial charge in [0.2, 0.25) is 0 Å². The van der Waals surface area contributed by atoms with Gasteiger partial charge in [0.1, 0.15) is 5.75 Å². The van der Waals surface area contributed by atoms with Crippen LogP contribution in [-0.2, 0) is 9.53 Å². The maximum atomic E-state index is 11.6. The van der Waals surface area contributed by atoms with Crippen LogP contribution in [-0.4, -0.2) is 18.2 Å². The monoisotopic (exact) mass is 221 g/mol. The maximum Gasteiger partial charge on any atom is 0.313 e. The third-order valence-electron chi connectivity index (χ3n) is 3.25. The summed E-state index contributed by atoms with van der Waals surface area (Å²) in [5, 5.41) is 9.69. The second-order valence-corrected chi connectivity index (χ2v) is 4.18. The number of esters is 1. The van der Waals surface area contributed by atoms with Crippen molar-refractivity contribution >= 4 is 5.97 Å². The van der Waals surface area contributed by atoms with Crippen LogP contribution >= 0.6 is 0 Å². The molecule has 0 spiro atoms. The number of phenolic OH excluding ortho intramolecular Hbond substituents is 1. The van der Waals surface area contributed by atoms with Crippen LogP contribution in [0.4, 0.5) is 0 Å². The third kappa shape index (κ3) is 1.55. The average molecular weight is 221 g/mol.